The van der Waals surface area contributed by atoms with Crippen molar-refractivity contribution in [3.63, 3.8) is 0 Å². The molecule has 5 heteroatoms. The molecule has 2 rings (SSSR count). The maximum absolute atomic E-state index is 6.16. The van der Waals surface area contributed by atoms with E-state index in [1.54, 1.807) is 0 Å². The molecule has 0 aliphatic heterocycles. The van der Waals surface area contributed by atoms with Gasteiger partial charge in [0.2, 0.25) is 0 Å². The highest BCUT2D eigenvalue weighted by atomic mass is 35.5. The maximum Gasteiger partial charge on any atom is 0.157 e. The van der Waals surface area contributed by atoms with Crippen LogP contribution in [0.1, 0.15) is 59.2 Å². The normalized spacial score (nSPS) is 23.6. The lowest BCUT2D eigenvalue weighted by Gasteiger charge is -2.30. The standard InChI is InChI=1S/C15H25ClN4/c1-9-7-5-6-8-10(9)18-13-11(17)12(16)19-14(20-13)15(2,3)4/h9-10H,5-8,17H2,1-4H3,(H,18,19,20). The molecule has 1 aliphatic carbocycles. The highest BCUT2D eigenvalue weighted by Gasteiger charge is 2.25. The van der Waals surface area contributed by atoms with Crippen molar-refractivity contribution in [1.82, 2.24) is 9.97 Å². The molecule has 2 atom stereocenters. The van der Waals surface area contributed by atoms with Crippen LogP contribution in [0.4, 0.5) is 11.5 Å². The minimum Gasteiger partial charge on any atom is -0.393 e. The number of rotatable bonds is 2. The molecular formula is C15H25ClN4. The van der Waals surface area contributed by atoms with E-state index < -0.39 is 0 Å². The molecule has 1 heterocycles. The van der Waals surface area contributed by atoms with Crippen molar-refractivity contribution in [2.24, 2.45) is 5.92 Å². The lowest BCUT2D eigenvalue weighted by atomic mass is 9.86. The molecule has 1 aromatic heterocycles. The Morgan fingerprint density at radius 1 is 1.20 bits per heavy atom. The second-order valence-corrected chi connectivity index (χ2v) is 7.22. The number of anilines is 2. The highest BCUT2D eigenvalue weighted by Crippen LogP contribution is 2.32. The molecule has 0 saturated heterocycles. The van der Waals surface area contributed by atoms with Gasteiger partial charge in [0.05, 0.1) is 0 Å². The molecular weight excluding hydrogens is 272 g/mol. The number of hydrogen-bond donors (Lipinski definition) is 2. The number of nitrogens with two attached hydrogens (primary N) is 1. The van der Waals surface area contributed by atoms with Crippen LogP contribution in [-0.2, 0) is 5.41 Å². The summed E-state index contributed by atoms with van der Waals surface area (Å²) in [5.74, 6) is 2.05. The fraction of sp³-hybridized carbons (Fsp3) is 0.733. The molecule has 1 aromatic rings. The zero-order valence-corrected chi connectivity index (χ0v) is 13.6. The van der Waals surface area contributed by atoms with Gasteiger partial charge in [-0.05, 0) is 18.8 Å². The number of nitrogens with one attached hydrogen (secondary N) is 1. The maximum atomic E-state index is 6.16. The van der Waals surface area contributed by atoms with Crippen molar-refractivity contribution < 1.29 is 0 Å². The first-order chi connectivity index (χ1) is 9.29. The first kappa shape index (κ1) is 15.4. The minimum atomic E-state index is -0.147. The number of aromatic nitrogens is 2. The van der Waals surface area contributed by atoms with Gasteiger partial charge in [-0.25, -0.2) is 9.97 Å². The predicted molar refractivity (Wildman–Crippen MR) is 85.2 cm³/mol. The first-order valence-corrected chi connectivity index (χ1v) is 7.77. The van der Waals surface area contributed by atoms with Gasteiger partial charge in [-0.15, -0.1) is 0 Å². The van der Waals surface area contributed by atoms with E-state index in [4.69, 9.17) is 17.3 Å². The van der Waals surface area contributed by atoms with Crippen LogP contribution in [0.15, 0.2) is 0 Å². The highest BCUT2D eigenvalue weighted by molar-refractivity contribution is 6.32. The van der Waals surface area contributed by atoms with Gasteiger partial charge >= 0.3 is 0 Å². The molecule has 2 unspecified atom stereocenters. The van der Waals surface area contributed by atoms with E-state index in [0.29, 0.717) is 28.6 Å². The number of halogens is 1. The number of hydrogen-bond acceptors (Lipinski definition) is 4. The summed E-state index contributed by atoms with van der Waals surface area (Å²) < 4.78 is 0. The second-order valence-electron chi connectivity index (χ2n) is 6.86. The van der Waals surface area contributed by atoms with Gasteiger partial charge < -0.3 is 11.1 Å². The van der Waals surface area contributed by atoms with Crippen LogP contribution in [0.25, 0.3) is 0 Å². The fourth-order valence-corrected chi connectivity index (χ4v) is 2.76. The molecule has 1 fully saturated rings. The van der Waals surface area contributed by atoms with Gasteiger partial charge in [-0.3, -0.25) is 0 Å². The van der Waals surface area contributed by atoms with Crippen molar-refractivity contribution in [3.05, 3.63) is 11.0 Å². The minimum absolute atomic E-state index is 0.147. The molecule has 0 bridgehead atoms. The van der Waals surface area contributed by atoms with Gasteiger partial charge in [0.25, 0.3) is 0 Å². The van der Waals surface area contributed by atoms with Gasteiger partial charge in [0.15, 0.2) is 11.0 Å². The molecule has 4 nitrogen and oxygen atoms in total. The molecule has 1 saturated carbocycles. The van der Waals surface area contributed by atoms with Crippen LogP contribution >= 0.6 is 11.6 Å². The SMILES string of the molecule is CC1CCCCC1Nc1nc(C(C)(C)C)nc(Cl)c1N. The van der Waals surface area contributed by atoms with Gasteiger partial charge in [-0.2, -0.15) is 0 Å². The topological polar surface area (TPSA) is 63.8 Å². The summed E-state index contributed by atoms with van der Waals surface area (Å²) in [6.07, 6.45) is 4.98. The third kappa shape index (κ3) is 3.35. The lowest BCUT2D eigenvalue weighted by molar-refractivity contribution is 0.349. The van der Waals surface area contributed by atoms with Crippen LogP contribution in [0.2, 0.25) is 5.15 Å². The van der Waals surface area contributed by atoms with E-state index >= 15 is 0 Å². The summed E-state index contributed by atoms with van der Waals surface area (Å²) >= 11 is 6.16. The van der Waals surface area contributed by atoms with Crippen LogP contribution in [-0.4, -0.2) is 16.0 Å². The third-order valence-corrected chi connectivity index (χ3v) is 4.29. The smallest absolute Gasteiger partial charge is 0.157 e. The summed E-state index contributed by atoms with van der Waals surface area (Å²) in [6, 6.07) is 0.421. The molecule has 20 heavy (non-hydrogen) atoms. The molecule has 112 valence electrons. The van der Waals surface area contributed by atoms with Crippen molar-refractivity contribution in [1.29, 1.82) is 0 Å². The zero-order valence-electron chi connectivity index (χ0n) is 12.8. The second kappa shape index (κ2) is 5.76. The molecule has 3 N–H and O–H groups in total. The Balaban J connectivity index is 2.28. The number of nitrogens with zero attached hydrogens (tertiary/aromatic N) is 2. The Morgan fingerprint density at radius 3 is 2.45 bits per heavy atom. The summed E-state index contributed by atoms with van der Waals surface area (Å²) in [7, 11) is 0. The Labute approximate surface area is 126 Å². The first-order valence-electron chi connectivity index (χ1n) is 7.39. The summed E-state index contributed by atoms with van der Waals surface area (Å²) in [6.45, 7) is 8.49. The van der Waals surface area contributed by atoms with Crippen LogP contribution in [0.5, 0.6) is 0 Å². The quantitative estimate of drug-likeness (QED) is 0.810. The zero-order chi connectivity index (χ0) is 14.9. The molecule has 0 amide bonds. The summed E-state index contributed by atoms with van der Waals surface area (Å²) in [5.41, 5.74) is 6.35. The lowest BCUT2D eigenvalue weighted by Crippen LogP contribution is -2.31. The van der Waals surface area contributed by atoms with E-state index in [9.17, 15) is 0 Å². The Kier molecular flexibility index (Phi) is 4.43. The van der Waals surface area contributed by atoms with E-state index in [1.165, 1.54) is 19.3 Å². The van der Waals surface area contributed by atoms with Crippen LogP contribution in [0.3, 0.4) is 0 Å². The summed E-state index contributed by atoms with van der Waals surface area (Å²) in [4.78, 5) is 8.91. The van der Waals surface area contributed by atoms with Crippen molar-refractivity contribution in [2.45, 2.75) is 64.8 Å². The fourth-order valence-electron chi connectivity index (χ4n) is 2.59. The number of nitrogen functional groups attached to an aromatic ring is 1. The average molecular weight is 297 g/mol. The molecule has 1 aliphatic rings. The third-order valence-electron chi connectivity index (χ3n) is 4.00. The Bertz CT molecular complexity index is 481. The van der Waals surface area contributed by atoms with Crippen molar-refractivity contribution in [3.8, 4) is 0 Å². The average Bonchev–Trinajstić information content (AvgIpc) is 2.36. The Hall–Kier alpha value is -1.03. The van der Waals surface area contributed by atoms with Crippen LogP contribution in [0, 0.1) is 5.92 Å². The van der Waals surface area contributed by atoms with E-state index in [0.717, 1.165) is 12.2 Å². The molecule has 0 radical (unpaired) electrons. The molecule has 0 spiro atoms. The monoisotopic (exact) mass is 296 g/mol. The summed E-state index contributed by atoms with van der Waals surface area (Å²) in [5, 5.41) is 3.84. The van der Waals surface area contributed by atoms with Crippen molar-refractivity contribution in [2.75, 3.05) is 11.1 Å². The van der Waals surface area contributed by atoms with Crippen molar-refractivity contribution >= 4 is 23.1 Å². The predicted octanol–water partition coefficient (Wildman–Crippen LogP) is 4.00. The van der Waals surface area contributed by atoms with Gasteiger partial charge in [0, 0.05) is 11.5 Å². The van der Waals surface area contributed by atoms with Gasteiger partial charge in [0.1, 0.15) is 11.5 Å². The molecule has 0 aromatic carbocycles. The van der Waals surface area contributed by atoms with E-state index in [2.05, 4.69) is 43.0 Å². The van der Waals surface area contributed by atoms with Gasteiger partial charge in [-0.1, -0.05) is 52.1 Å². The van der Waals surface area contributed by atoms with E-state index in [-0.39, 0.29) is 5.41 Å². The Morgan fingerprint density at radius 2 is 1.85 bits per heavy atom. The van der Waals surface area contributed by atoms with E-state index in [1.807, 2.05) is 0 Å². The largest absolute Gasteiger partial charge is 0.393 e. The van der Waals surface area contributed by atoms with Crippen LogP contribution < -0.4 is 11.1 Å².